The van der Waals surface area contributed by atoms with Crippen LogP contribution in [-0.4, -0.2) is 30.1 Å². The van der Waals surface area contributed by atoms with Crippen LogP contribution in [0.3, 0.4) is 0 Å². The van der Waals surface area contributed by atoms with E-state index >= 15 is 4.39 Å². The highest BCUT2D eigenvalue weighted by Gasteiger charge is 2.22. The molecule has 7 nitrogen and oxygen atoms in total. The van der Waals surface area contributed by atoms with Crippen LogP contribution in [0.15, 0.2) is 72.6 Å². The molecule has 5 heterocycles. The highest BCUT2D eigenvalue weighted by Crippen LogP contribution is 2.36. The van der Waals surface area contributed by atoms with Gasteiger partial charge in [-0.3, -0.25) is 15.1 Å². The molecule has 0 aliphatic heterocycles. The van der Waals surface area contributed by atoms with Gasteiger partial charge in [-0.05, 0) is 42.3 Å². The highest BCUT2D eigenvalue weighted by molar-refractivity contribution is 7.13. The lowest BCUT2D eigenvalue weighted by Crippen LogP contribution is -2.07. The molecule has 0 spiro atoms. The van der Waals surface area contributed by atoms with Crippen LogP contribution in [0, 0.1) is 11.7 Å². The zero-order valence-electron chi connectivity index (χ0n) is 20.5. The topological polar surface area (TPSA) is 95.2 Å². The summed E-state index contributed by atoms with van der Waals surface area (Å²) in [4.78, 5) is 18.0. The lowest BCUT2D eigenvalue weighted by Gasteiger charge is -2.16. The van der Waals surface area contributed by atoms with Gasteiger partial charge in [0, 0.05) is 27.9 Å². The molecule has 1 aromatic carbocycles. The molecule has 5 aromatic heterocycles. The van der Waals surface area contributed by atoms with Gasteiger partial charge in [0.05, 0.1) is 40.0 Å². The second kappa shape index (κ2) is 9.18. The average molecular weight is 522 g/mol. The molecule has 188 valence electrons. The lowest BCUT2D eigenvalue weighted by atomic mass is 10.0. The van der Waals surface area contributed by atoms with E-state index < -0.39 is 5.82 Å². The number of halogens is 1. The Bertz CT molecular complexity index is 1790. The van der Waals surface area contributed by atoms with Gasteiger partial charge in [-0.25, -0.2) is 9.37 Å². The molecule has 1 aliphatic rings. The third-order valence-corrected chi connectivity index (χ3v) is 8.14. The highest BCUT2D eigenvalue weighted by atomic mass is 32.1. The number of hydrogen-bond donors (Lipinski definition) is 3. The Hall–Kier alpha value is -4.37. The van der Waals surface area contributed by atoms with Crippen LogP contribution in [0.25, 0.3) is 55.2 Å². The van der Waals surface area contributed by atoms with Gasteiger partial charge in [0.1, 0.15) is 11.4 Å². The second-order valence-corrected chi connectivity index (χ2v) is 10.6. The van der Waals surface area contributed by atoms with Gasteiger partial charge in [-0.1, -0.05) is 37.6 Å². The van der Waals surface area contributed by atoms with Gasteiger partial charge < -0.3 is 10.3 Å². The van der Waals surface area contributed by atoms with Crippen LogP contribution in [0.5, 0.6) is 0 Å². The van der Waals surface area contributed by atoms with E-state index in [0.717, 1.165) is 45.7 Å². The minimum atomic E-state index is -0.473. The van der Waals surface area contributed by atoms with Crippen LogP contribution >= 0.6 is 11.3 Å². The molecule has 0 unspecified atom stereocenters. The summed E-state index contributed by atoms with van der Waals surface area (Å²) in [7, 11) is 0. The molecule has 9 heteroatoms. The molecule has 6 aromatic rings. The number of rotatable bonds is 6. The lowest BCUT2D eigenvalue weighted by molar-refractivity contribution is 0.638. The van der Waals surface area contributed by atoms with Gasteiger partial charge in [-0.2, -0.15) is 5.10 Å². The number of H-pyrrole nitrogens is 2. The number of allylic oxidation sites excluding steroid dienone is 1. The quantitative estimate of drug-likeness (QED) is 0.210. The number of nitrogens with zero attached hydrogens (tertiary/aromatic N) is 4. The summed E-state index contributed by atoms with van der Waals surface area (Å²) in [6, 6.07) is 11.9. The van der Waals surface area contributed by atoms with Crippen molar-refractivity contribution in [1.29, 1.82) is 0 Å². The van der Waals surface area contributed by atoms with Crippen molar-refractivity contribution in [1.82, 2.24) is 30.1 Å². The summed E-state index contributed by atoms with van der Waals surface area (Å²) < 4.78 is 16.1. The summed E-state index contributed by atoms with van der Waals surface area (Å²) in [5.74, 6) is 0.481. The van der Waals surface area contributed by atoms with Crippen LogP contribution < -0.4 is 5.32 Å². The van der Waals surface area contributed by atoms with Gasteiger partial charge in [0.2, 0.25) is 0 Å². The predicted octanol–water partition coefficient (Wildman–Crippen LogP) is 7.55. The fraction of sp³-hybridized carbons (Fsp3) is 0.172. The molecule has 1 saturated carbocycles. The number of thiophene rings is 1. The molecule has 1 aliphatic carbocycles. The van der Waals surface area contributed by atoms with Crippen LogP contribution in [0.1, 0.15) is 25.7 Å². The third kappa shape index (κ3) is 3.86. The number of para-hydroxylation sites is 1. The molecule has 7 rings (SSSR count). The minimum Gasteiger partial charge on any atom is -0.358 e. The Morgan fingerprint density at radius 3 is 2.79 bits per heavy atom. The van der Waals surface area contributed by atoms with Crippen molar-refractivity contribution in [2.24, 2.45) is 5.92 Å². The molecule has 1 fully saturated rings. The first-order valence-electron chi connectivity index (χ1n) is 12.6. The number of pyridine rings is 2. The second-order valence-electron chi connectivity index (χ2n) is 9.64. The summed E-state index contributed by atoms with van der Waals surface area (Å²) in [5, 5.41) is 13.1. The first-order chi connectivity index (χ1) is 18.7. The van der Waals surface area contributed by atoms with Gasteiger partial charge in [0.25, 0.3) is 0 Å². The number of fused-ring (bicyclic) bond motifs is 2. The molecule has 0 atom stereocenters. The van der Waals surface area contributed by atoms with E-state index in [1.165, 1.54) is 12.8 Å². The Labute approximate surface area is 221 Å². The van der Waals surface area contributed by atoms with Gasteiger partial charge in [0.15, 0.2) is 11.6 Å². The maximum atomic E-state index is 16.1. The van der Waals surface area contributed by atoms with Crippen molar-refractivity contribution in [3.05, 3.63) is 78.5 Å². The van der Waals surface area contributed by atoms with E-state index in [4.69, 9.17) is 4.98 Å². The van der Waals surface area contributed by atoms with Gasteiger partial charge >= 0.3 is 0 Å². The molecular weight excluding hydrogens is 497 g/mol. The normalized spacial score (nSPS) is 14.0. The number of imidazole rings is 1. The SMILES string of the molecule is C=C(Nc1cncc(-c2ncc3[nH]nc(-c4nc5c(-c6cccs6)cccc5[nH]4)c3c2F)c1)C1CCCC1. The average Bonchev–Trinajstić information content (AvgIpc) is 3.74. The third-order valence-electron chi connectivity index (χ3n) is 7.23. The first kappa shape index (κ1) is 22.8. The fourth-order valence-electron chi connectivity index (χ4n) is 5.32. The number of aromatic nitrogens is 6. The van der Waals surface area contributed by atoms with E-state index in [0.29, 0.717) is 33.9 Å². The van der Waals surface area contributed by atoms with Crippen molar-refractivity contribution in [2.45, 2.75) is 25.7 Å². The first-order valence-corrected chi connectivity index (χ1v) is 13.5. The predicted molar refractivity (Wildman–Crippen MR) is 150 cm³/mol. The van der Waals surface area contributed by atoms with Gasteiger partial charge in [-0.15, -0.1) is 11.3 Å². The van der Waals surface area contributed by atoms with Crippen LogP contribution in [-0.2, 0) is 0 Å². The van der Waals surface area contributed by atoms with Crippen molar-refractivity contribution >= 4 is 39.0 Å². The molecular formula is C29H24FN7S. The smallest absolute Gasteiger partial charge is 0.161 e. The fourth-order valence-corrected chi connectivity index (χ4v) is 6.07. The zero-order valence-corrected chi connectivity index (χ0v) is 21.3. The standard InChI is InChI=1S/C29H24FN7S/c1-16(17-6-2-3-7-17)33-19-12-18(13-31-14-19)26-25(30)24-22(15-32-26)36-37-28(24)29-34-21-9-4-8-20(27(21)35-29)23-10-5-11-38-23/h4-5,8-15,17,33H,1-3,6-7H2,(H,34,35)(H,36,37). The van der Waals surface area contributed by atoms with E-state index in [9.17, 15) is 0 Å². The van der Waals surface area contributed by atoms with Crippen molar-refractivity contribution < 1.29 is 4.39 Å². The molecule has 0 amide bonds. The molecule has 38 heavy (non-hydrogen) atoms. The Morgan fingerprint density at radius 2 is 1.95 bits per heavy atom. The summed E-state index contributed by atoms with van der Waals surface area (Å²) >= 11 is 1.65. The number of anilines is 1. The maximum absolute atomic E-state index is 16.1. The largest absolute Gasteiger partial charge is 0.358 e. The zero-order chi connectivity index (χ0) is 25.6. The van der Waals surface area contributed by atoms with E-state index in [1.54, 1.807) is 29.9 Å². The molecule has 0 saturated heterocycles. The van der Waals surface area contributed by atoms with Crippen LogP contribution in [0.2, 0.25) is 0 Å². The molecule has 3 N–H and O–H groups in total. The van der Waals surface area contributed by atoms with E-state index in [2.05, 4.69) is 43.1 Å². The maximum Gasteiger partial charge on any atom is 0.161 e. The van der Waals surface area contributed by atoms with E-state index in [1.807, 2.05) is 35.7 Å². The Morgan fingerprint density at radius 1 is 1.05 bits per heavy atom. The number of nitrogens with one attached hydrogen (secondary N) is 3. The Balaban J connectivity index is 1.28. The number of aromatic amines is 2. The number of benzene rings is 1. The molecule has 0 radical (unpaired) electrons. The summed E-state index contributed by atoms with van der Waals surface area (Å²) in [5.41, 5.74) is 6.15. The van der Waals surface area contributed by atoms with E-state index in [-0.39, 0.29) is 5.69 Å². The van der Waals surface area contributed by atoms with Crippen molar-refractivity contribution in [2.75, 3.05) is 5.32 Å². The molecule has 0 bridgehead atoms. The Kier molecular flexibility index (Phi) is 5.51. The number of hydrogen-bond acceptors (Lipinski definition) is 6. The summed E-state index contributed by atoms with van der Waals surface area (Å²) in [6.45, 7) is 4.22. The summed E-state index contributed by atoms with van der Waals surface area (Å²) in [6.07, 6.45) is 9.69. The monoisotopic (exact) mass is 521 g/mol. The van der Waals surface area contributed by atoms with Crippen molar-refractivity contribution in [3.63, 3.8) is 0 Å². The minimum absolute atomic E-state index is 0.207. The van der Waals surface area contributed by atoms with Crippen LogP contribution in [0.4, 0.5) is 10.1 Å². The van der Waals surface area contributed by atoms with Crippen molar-refractivity contribution in [3.8, 4) is 33.2 Å².